The zero-order valence-corrected chi connectivity index (χ0v) is 14.2. The Kier molecular flexibility index (Phi) is 7.05. The van der Waals surface area contributed by atoms with Crippen molar-refractivity contribution in [2.24, 2.45) is 5.73 Å². The highest BCUT2D eigenvalue weighted by Gasteiger charge is 2.27. The minimum atomic E-state index is 0.176. The molecular weight excluding hydrogens is 300 g/mol. The van der Waals surface area contributed by atoms with E-state index in [1.807, 2.05) is 0 Å². The van der Waals surface area contributed by atoms with E-state index >= 15 is 0 Å². The summed E-state index contributed by atoms with van der Waals surface area (Å²) in [6, 6.07) is 9.62. The van der Waals surface area contributed by atoms with Crippen LogP contribution >= 0.6 is 15.9 Å². The van der Waals surface area contributed by atoms with E-state index in [4.69, 9.17) is 5.73 Å². The van der Waals surface area contributed by atoms with E-state index in [9.17, 15) is 0 Å². The number of rotatable bonds is 7. The molecular formula is C16H27BrN2. The zero-order valence-electron chi connectivity index (χ0n) is 12.6. The molecule has 0 radical (unpaired) electrons. The van der Waals surface area contributed by atoms with Crippen LogP contribution in [0, 0.1) is 0 Å². The summed E-state index contributed by atoms with van der Waals surface area (Å²) in [5, 5.41) is 0. The lowest BCUT2D eigenvalue weighted by molar-refractivity contribution is 0.125. The minimum Gasteiger partial charge on any atom is -0.326 e. The smallest absolute Gasteiger partial charge is 0.0501 e. The number of hydrogen-bond acceptors (Lipinski definition) is 2. The van der Waals surface area contributed by atoms with Crippen LogP contribution in [0.5, 0.6) is 0 Å². The molecule has 2 nitrogen and oxygen atoms in total. The Morgan fingerprint density at radius 1 is 1.11 bits per heavy atom. The SMILES string of the molecule is CCC(N)C(c1ccc(Br)cc1)N(CC)C(C)CC. The van der Waals surface area contributed by atoms with E-state index in [-0.39, 0.29) is 6.04 Å². The van der Waals surface area contributed by atoms with E-state index in [1.54, 1.807) is 0 Å². The predicted octanol–water partition coefficient (Wildman–Crippen LogP) is 4.35. The van der Waals surface area contributed by atoms with Gasteiger partial charge in [0.15, 0.2) is 0 Å². The van der Waals surface area contributed by atoms with Crippen LogP contribution in [0.1, 0.15) is 52.1 Å². The largest absolute Gasteiger partial charge is 0.326 e. The molecule has 2 N–H and O–H groups in total. The molecule has 0 aliphatic heterocycles. The van der Waals surface area contributed by atoms with Crippen molar-refractivity contribution in [3.05, 3.63) is 34.3 Å². The van der Waals surface area contributed by atoms with E-state index in [2.05, 4.69) is 72.8 Å². The van der Waals surface area contributed by atoms with Gasteiger partial charge in [-0.25, -0.2) is 0 Å². The van der Waals surface area contributed by atoms with Gasteiger partial charge in [-0.15, -0.1) is 0 Å². The van der Waals surface area contributed by atoms with Gasteiger partial charge < -0.3 is 5.73 Å². The first-order valence-corrected chi connectivity index (χ1v) is 8.11. The maximum absolute atomic E-state index is 6.40. The molecule has 3 heteroatoms. The quantitative estimate of drug-likeness (QED) is 0.807. The molecule has 0 bridgehead atoms. The Labute approximate surface area is 126 Å². The molecule has 1 aromatic carbocycles. The van der Waals surface area contributed by atoms with Crippen LogP contribution < -0.4 is 5.73 Å². The minimum absolute atomic E-state index is 0.176. The summed E-state index contributed by atoms with van der Waals surface area (Å²) in [6.07, 6.45) is 2.14. The van der Waals surface area contributed by atoms with Gasteiger partial charge in [-0.1, -0.05) is 48.8 Å². The lowest BCUT2D eigenvalue weighted by Crippen LogP contribution is -2.44. The normalized spacial score (nSPS) is 16.4. The Bertz CT molecular complexity index is 364. The molecule has 1 aromatic rings. The number of likely N-dealkylation sites (N-methyl/N-ethyl adjacent to an activating group) is 1. The number of halogens is 1. The van der Waals surface area contributed by atoms with Crippen LogP contribution in [0.3, 0.4) is 0 Å². The second-order valence-electron chi connectivity index (χ2n) is 5.16. The van der Waals surface area contributed by atoms with E-state index in [0.717, 1.165) is 23.9 Å². The second kappa shape index (κ2) is 8.03. The van der Waals surface area contributed by atoms with Crippen LogP contribution in [0.15, 0.2) is 28.7 Å². The Morgan fingerprint density at radius 2 is 1.68 bits per heavy atom. The first-order chi connectivity index (χ1) is 9.04. The molecule has 0 aliphatic rings. The van der Waals surface area contributed by atoms with E-state index < -0.39 is 0 Å². The molecule has 108 valence electrons. The average Bonchev–Trinajstić information content (AvgIpc) is 2.44. The van der Waals surface area contributed by atoms with E-state index in [1.165, 1.54) is 5.56 Å². The molecule has 0 saturated carbocycles. The molecule has 19 heavy (non-hydrogen) atoms. The molecule has 3 unspecified atom stereocenters. The summed E-state index contributed by atoms with van der Waals surface area (Å²) in [7, 11) is 0. The van der Waals surface area contributed by atoms with Gasteiger partial charge in [-0.3, -0.25) is 4.90 Å². The van der Waals surface area contributed by atoms with Crippen molar-refractivity contribution >= 4 is 15.9 Å². The Hall–Kier alpha value is -0.380. The van der Waals surface area contributed by atoms with Gasteiger partial charge in [0, 0.05) is 16.6 Å². The molecule has 1 rings (SSSR count). The van der Waals surface area contributed by atoms with Gasteiger partial charge in [0.25, 0.3) is 0 Å². The zero-order chi connectivity index (χ0) is 14.4. The molecule has 0 aliphatic carbocycles. The van der Waals surface area contributed by atoms with Crippen molar-refractivity contribution in [1.82, 2.24) is 4.90 Å². The third-order valence-electron chi connectivity index (χ3n) is 3.97. The second-order valence-corrected chi connectivity index (χ2v) is 6.07. The molecule has 0 saturated heterocycles. The number of nitrogens with zero attached hydrogens (tertiary/aromatic N) is 1. The predicted molar refractivity (Wildman–Crippen MR) is 87.3 cm³/mol. The van der Waals surface area contributed by atoms with Gasteiger partial charge in [0.2, 0.25) is 0 Å². The van der Waals surface area contributed by atoms with Crippen molar-refractivity contribution in [2.45, 2.75) is 58.7 Å². The number of hydrogen-bond donors (Lipinski definition) is 1. The molecule has 0 heterocycles. The van der Waals surface area contributed by atoms with Crippen LogP contribution in [-0.2, 0) is 0 Å². The highest BCUT2D eigenvalue weighted by Crippen LogP contribution is 2.28. The van der Waals surface area contributed by atoms with Crippen LogP contribution in [0.4, 0.5) is 0 Å². The number of nitrogens with two attached hydrogens (primary N) is 1. The Morgan fingerprint density at radius 3 is 2.11 bits per heavy atom. The van der Waals surface area contributed by atoms with Crippen molar-refractivity contribution in [3.8, 4) is 0 Å². The fraction of sp³-hybridized carbons (Fsp3) is 0.625. The first kappa shape index (κ1) is 16.7. The standard InChI is InChI=1S/C16H27BrN2/c1-5-12(4)19(7-3)16(15(18)6-2)13-8-10-14(17)11-9-13/h8-12,15-16H,5-7,18H2,1-4H3. The average molecular weight is 327 g/mol. The first-order valence-electron chi connectivity index (χ1n) is 7.31. The van der Waals surface area contributed by atoms with Gasteiger partial charge in [0.05, 0.1) is 6.04 Å². The summed E-state index contributed by atoms with van der Waals surface area (Å²) >= 11 is 3.50. The molecule has 0 fully saturated rings. The Balaban J connectivity index is 3.09. The van der Waals surface area contributed by atoms with Crippen LogP contribution in [0.25, 0.3) is 0 Å². The van der Waals surface area contributed by atoms with Crippen LogP contribution in [0.2, 0.25) is 0 Å². The van der Waals surface area contributed by atoms with Gasteiger partial charge in [-0.2, -0.15) is 0 Å². The maximum Gasteiger partial charge on any atom is 0.0501 e. The highest BCUT2D eigenvalue weighted by atomic mass is 79.9. The third kappa shape index (κ3) is 4.30. The topological polar surface area (TPSA) is 29.3 Å². The van der Waals surface area contributed by atoms with Gasteiger partial charge in [-0.05, 0) is 44.0 Å². The van der Waals surface area contributed by atoms with Gasteiger partial charge in [0.1, 0.15) is 0 Å². The molecule has 0 spiro atoms. The van der Waals surface area contributed by atoms with Crippen LogP contribution in [-0.4, -0.2) is 23.5 Å². The lowest BCUT2D eigenvalue weighted by atomic mass is 9.94. The van der Waals surface area contributed by atoms with Crippen molar-refractivity contribution in [3.63, 3.8) is 0 Å². The summed E-state index contributed by atoms with van der Waals surface area (Å²) in [5.74, 6) is 0. The highest BCUT2D eigenvalue weighted by molar-refractivity contribution is 9.10. The van der Waals surface area contributed by atoms with E-state index in [0.29, 0.717) is 12.1 Å². The molecule has 3 atom stereocenters. The summed E-state index contributed by atoms with van der Waals surface area (Å²) in [6.45, 7) is 9.95. The molecule has 0 aromatic heterocycles. The summed E-state index contributed by atoms with van der Waals surface area (Å²) in [4.78, 5) is 2.53. The third-order valence-corrected chi connectivity index (χ3v) is 4.50. The fourth-order valence-corrected chi connectivity index (χ4v) is 2.85. The van der Waals surface area contributed by atoms with Crippen molar-refractivity contribution in [2.75, 3.05) is 6.54 Å². The van der Waals surface area contributed by atoms with Crippen molar-refractivity contribution in [1.29, 1.82) is 0 Å². The maximum atomic E-state index is 6.40. The lowest BCUT2D eigenvalue weighted by Gasteiger charge is -2.39. The van der Waals surface area contributed by atoms with Crippen molar-refractivity contribution < 1.29 is 0 Å². The molecule has 0 amide bonds. The fourth-order valence-electron chi connectivity index (χ4n) is 2.58. The summed E-state index contributed by atoms with van der Waals surface area (Å²) < 4.78 is 1.12. The monoisotopic (exact) mass is 326 g/mol. The summed E-state index contributed by atoms with van der Waals surface area (Å²) in [5.41, 5.74) is 7.72. The van der Waals surface area contributed by atoms with Gasteiger partial charge >= 0.3 is 0 Å². The number of benzene rings is 1.